The Morgan fingerprint density at radius 2 is 1.48 bits per heavy atom. The van der Waals surface area contributed by atoms with Crippen LogP contribution in [0.3, 0.4) is 0 Å². The monoisotopic (exact) mass is 602 g/mol. The molecule has 0 aromatic heterocycles. The number of halogens is 1. The molecule has 0 aliphatic carbocycles. The molecule has 10 nitrogen and oxygen atoms in total. The topological polar surface area (TPSA) is 131 Å². The Balaban J connectivity index is 0.00000616. The van der Waals surface area contributed by atoms with Gasteiger partial charge in [0.2, 0.25) is 5.91 Å². The molecule has 1 heterocycles. The summed E-state index contributed by atoms with van der Waals surface area (Å²) < 4.78 is 11.1. The zero-order chi connectivity index (χ0) is 30.2. The lowest BCUT2D eigenvalue weighted by Crippen LogP contribution is -2.51. The summed E-state index contributed by atoms with van der Waals surface area (Å²) in [7, 11) is 0. The minimum Gasteiger partial charge on any atom is -0.458 e. The number of hydrogen-bond donors (Lipinski definition) is 2. The molecule has 11 heteroatoms. The molecule has 1 aliphatic rings. The second-order valence-corrected chi connectivity index (χ2v) is 11.7. The Morgan fingerprint density at radius 1 is 0.905 bits per heavy atom. The number of hydrogen-bond acceptors (Lipinski definition) is 7. The summed E-state index contributed by atoms with van der Waals surface area (Å²) in [5.41, 5.74) is 6.67. The van der Waals surface area contributed by atoms with Gasteiger partial charge in [-0.05, 0) is 62.9 Å². The van der Waals surface area contributed by atoms with Crippen LogP contribution in [0, 0.1) is 5.92 Å². The largest absolute Gasteiger partial charge is 0.458 e. The highest BCUT2D eigenvalue weighted by Crippen LogP contribution is 2.18. The van der Waals surface area contributed by atoms with Gasteiger partial charge in [-0.3, -0.25) is 9.59 Å². The van der Waals surface area contributed by atoms with Crippen LogP contribution >= 0.6 is 12.4 Å². The van der Waals surface area contributed by atoms with Gasteiger partial charge >= 0.3 is 12.1 Å². The molecule has 0 saturated carbocycles. The predicted octanol–water partition coefficient (Wildman–Crippen LogP) is 3.81. The Hall–Kier alpha value is -3.63. The van der Waals surface area contributed by atoms with Crippen molar-refractivity contribution in [1.29, 1.82) is 0 Å². The molecule has 0 bridgehead atoms. The third-order valence-corrected chi connectivity index (χ3v) is 6.48. The van der Waals surface area contributed by atoms with Crippen LogP contribution < -0.4 is 15.8 Å². The third-order valence-electron chi connectivity index (χ3n) is 6.48. The van der Waals surface area contributed by atoms with Gasteiger partial charge in [0.25, 0.3) is 5.91 Å². The molecule has 3 N–H and O–H groups in total. The molecule has 3 rings (SSSR count). The van der Waals surface area contributed by atoms with Crippen LogP contribution in [-0.2, 0) is 20.7 Å². The molecule has 2 unspecified atom stereocenters. The van der Waals surface area contributed by atoms with Crippen molar-refractivity contribution in [3.8, 4) is 5.75 Å². The van der Waals surface area contributed by atoms with Crippen LogP contribution in [0.4, 0.5) is 4.79 Å². The molecule has 230 valence electrons. The van der Waals surface area contributed by atoms with Crippen molar-refractivity contribution in [3.63, 3.8) is 0 Å². The number of carbonyl (C=O) groups is 4. The maximum absolute atomic E-state index is 12.9. The van der Waals surface area contributed by atoms with Crippen molar-refractivity contribution >= 4 is 36.3 Å². The quantitative estimate of drug-likeness (QED) is 0.417. The molecule has 1 fully saturated rings. The highest BCUT2D eigenvalue weighted by atomic mass is 35.5. The number of benzene rings is 2. The van der Waals surface area contributed by atoms with E-state index in [0.29, 0.717) is 43.9 Å². The summed E-state index contributed by atoms with van der Waals surface area (Å²) in [4.78, 5) is 54.3. The van der Waals surface area contributed by atoms with Gasteiger partial charge in [-0.15, -0.1) is 12.4 Å². The Morgan fingerprint density at radius 3 is 2.02 bits per heavy atom. The molecule has 2 aromatic rings. The van der Waals surface area contributed by atoms with Gasteiger partial charge in [0.15, 0.2) is 0 Å². The molecular formula is C31H43ClN4O6. The van der Waals surface area contributed by atoms with Crippen LogP contribution in [0.15, 0.2) is 54.6 Å². The van der Waals surface area contributed by atoms with E-state index >= 15 is 0 Å². The van der Waals surface area contributed by atoms with Gasteiger partial charge in [-0.1, -0.05) is 44.2 Å². The number of nitrogens with one attached hydrogen (secondary N) is 1. The fourth-order valence-electron chi connectivity index (χ4n) is 4.41. The van der Waals surface area contributed by atoms with Crippen molar-refractivity contribution in [2.45, 2.75) is 65.1 Å². The summed E-state index contributed by atoms with van der Waals surface area (Å²) in [5.74, 6) is -0.448. The second kappa shape index (κ2) is 15.6. The average Bonchev–Trinajstić information content (AvgIpc) is 2.92. The van der Waals surface area contributed by atoms with Crippen molar-refractivity contribution in [3.05, 3.63) is 65.7 Å². The van der Waals surface area contributed by atoms with Crippen LogP contribution in [0.5, 0.6) is 5.75 Å². The average molecular weight is 603 g/mol. The maximum atomic E-state index is 12.9. The van der Waals surface area contributed by atoms with Gasteiger partial charge in [-0.25, -0.2) is 9.59 Å². The van der Waals surface area contributed by atoms with Gasteiger partial charge in [0.1, 0.15) is 17.4 Å². The number of ether oxygens (including phenoxy) is 2. The number of carbonyl (C=O) groups excluding carboxylic acids is 4. The minimum atomic E-state index is -0.928. The van der Waals surface area contributed by atoms with Crippen LogP contribution in [-0.4, -0.2) is 77.5 Å². The van der Waals surface area contributed by atoms with Crippen molar-refractivity contribution < 1.29 is 28.7 Å². The van der Waals surface area contributed by atoms with E-state index < -0.39 is 35.7 Å². The molecule has 2 aromatic carbocycles. The molecule has 42 heavy (non-hydrogen) atoms. The lowest BCUT2D eigenvalue weighted by atomic mass is 10.0. The van der Waals surface area contributed by atoms with E-state index in [9.17, 15) is 19.2 Å². The van der Waals surface area contributed by atoms with Gasteiger partial charge in [-0.2, -0.15) is 0 Å². The van der Waals surface area contributed by atoms with Crippen LogP contribution in [0.25, 0.3) is 0 Å². The molecule has 3 amide bonds. The Bertz CT molecular complexity index is 1190. The number of piperazine rings is 1. The fourth-order valence-corrected chi connectivity index (χ4v) is 4.41. The molecule has 2 atom stereocenters. The zero-order valence-corrected chi connectivity index (χ0v) is 25.8. The lowest BCUT2D eigenvalue weighted by Gasteiger charge is -2.34. The Kier molecular flexibility index (Phi) is 12.8. The summed E-state index contributed by atoms with van der Waals surface area (Å²) in [6.45, 7) is 10.8. The van der Waals surface area contributed by atoms with Gasteiger partial charge in [0, 0.05) is 38.2 Å². The zero-order valence-electron chi connectivity index (χ0n) is 25.0. The third kappa shape index (κ3) is 10.6. The standard InChI is InChI=1S/C31H42N4O6.ClH/c1-21(2)19-25(32)27(36)33-26(29(38)41-31(3,4)5)20-22-11-13-24(14-12-22)40-30(39)35-17-15-34(16-18-35)28(37)23-9-7-6-8-10-23;/h6-14,21,25-26H,15-20,32H2,1-5H3,(H,33,36);1H. The van der Waals surface area contributed by atoms with E-state index in [2.05, 4.69) is 5.32 Å². The number of esters is 1. The number of nitrogens with two attached hydrogens (primary N) is 1. The van der Waals surface area contributed by atoms with Crippen molar-refractivity contribution in [2.24, 2.45) is 11.7 Å². The highest BCUT2D eigenvalue weighted by Gasteiger charge is 2.29. The molecule has 1 saturated heterocycles. The van der Waals surface area contributed by atoms with E-state index in [1.165, 1.54) is 0 Å². The van der Waals surface area contributed by atoms with Gasteiger partial charge < -0.3 is 30.3 Å². The highest BCUT2D eigenvalue weighted by molar-refractivity contribution is 5.94. The van der Waals surface area contributed by atoms with Crippen molar-refractivity contribution in [1.82, 2.24) is 15.1 Å². The minimum absolute atomic E-state index is 0. The first-order valence-electron chi connectivity index (χ1n) is 14.0. The first-order valence-corrected chi connectivity index (χ1v) is 14.0. The SMILES string of the molecule is CC(C)CC(N)C(=O)NC(Cc1ccc(OC(=O)N2CCN(C(=O)c3ccccc3)CC2)cc1)C(=O)OC(C)(C)C.Cl. The maximum Gasteiger partial charge on any atom is 0.415 e. The first-order chi connectivity index (χ1) is 19.3. The summed E-state index contributed by atoms with van der Waals surface area (Å²) in [5, 5.41) is 2.75. The normalized spacial score (nSPS) is 14.8. The van der Waals surface area contributed by atoms with E-state index in [-0.39, 0.29) is 30.7 Å². The number of amides is 3. The number of nitrogens with zero attached hydrogens (tertiary/aromatic N) is 2. The smallest absolute Gasteiger partial charge is 0.415 e. The molecular weight excluding hydrogens is 560 g/mol. The first kappa shape index (κ1) is 34.6. The lowest BCUT2D eigenvalue weighted by molar-refractivity contribution is -0.158. The molecule has 0 spiro atoms. The van der Waals surface area contributed by atoms with E-state index in [1.54, 1.807) is 67.0 Å². The second-order valence-electron chi connectivity index (χ2n) is 11.7. The van der Waals surface area contributed by atoms with Crippen molar-refractivity contribution in [2.75, 3.05) is 26.2 Å². The fraction of sp³-hybridized carbons (Fsp3) is 0.484. The number of rotatable bonds is 9. The van der Waals surface area contributed by atoms with Crippen LogP contribution in [0.1, 0.15) is 57.0 Å². The Labute approximate surface area is 254 Å². The van der Waals surface area contributed by atoms with E-state index in [1.807, 2.05) is 32.0 Å². The summed E-state index contributed by atoms with van der Waals surface area (Å²) >= 11 is 0. The summed E-state index contributed by atoms with van der Waals surface area (Å²) in [6, 6.07) is 14.1. The van der Waals surface area contributed by atoms with Gasteiger partial charge in [0.05, 0.1) is 6.04 Å². The van der Waals surface area contributed by atoms with E-state index in [0.717, 1.165) is 5.56 Å². The predicted molar refractivity (Wildman–Crippen MR) is 163 cm³/mol. The van der Waals surface area contributed by atoms with Crippen LogP contribution in [0.2, 0.25) is 0 Å². The molecule has 0 radical (unpaired) electrons. The van der Waals surface area contributed by atoms with E-state index in [4.69, 9.17) is 15.2 Å². The summed E-state index contributed by atoms with van der Waals surface area (Å²) in [6.07, 6.45) is 0.175. The molecule has 1 aliphatic heterocycles.